The van der Waals surface area contributed by atoms with Crippen molar-refractivity contribution in [3.05, 3.63) is 35.9 Å². The van der Waals surface area contributed by atoms with Gasteiger partial charge in [-0.2, -0.15) is 0 Å². The van der Waals surface area contributed by atoms with E-state index >= 15 is 0 Å². The van der Waals surface area contributed by atoms with Gasteiger partial charge < -0.3 is 4.90 Å². The average molecular weight is 162 g/mol. The van der Waals surface area contributed by atoms with Gasteiger partial charge in [-0.05, 0) is 45.1 Å². The first-order valence-corrected chi connectivity index (χ1v) is 4.39. The topological polar surface area (TPSA) is 3.24 Å². The molecule has 0 aromatic heterocycles. The minimum atomic E-state index is 1.17. The summed E-state index contributed by atoms with van der Waals surface area (Å²) in [5, 5.41) is 0. The first kappa shape index (κ1) is 9.27. The Balaban J connectivity index is 2.25. The fraction of sp³-hybridized carbons (Fsp3) is 0.455. The molecule has 0 spiro atoms. The summed E-state index contributed by atoms with van der Waals surface area (Å²) in [6, 6.07) is 11.2. The molecular formula is C11H16N. The van der Waals surface area contributed by atoms with Crippen molar-refractivity contribution in [3.8, 4) is 0 Å². The Morgan fingerprint density at radius 1 is 1.25 bits per heavy atom. The van der Waals surface area contributed by atoms with E-state index < -0.39 is 0 Å². The van der Waals surface area contributed by atoms with Crippen LogP contribution in [0.1, 0.15) is 12.0 Å². The number of hydrogen-bond acceptors (Lipinski definition) is 1. The van der Waals surface area contributed by atoms with Crippen LogP contribution >= 0.6 is 0 Å². The van der Waals surface area contributed by atoms with E-state index in [0.29, 0.717) is 0 Å². The van der Waals surface area contributed by atoms with E-state index in [1.54, 1.807) is 0 Å². The summed E-state index contributed by atoms with van der Waals surface area (Å²) in [7, 11) is 4.22. The van der Waals surface area contributed by atoms with Gasteiger partial charge in [0.15, 0.2) is 0 Å². The van der Waals surface area contributed by atoms with Crippen LogP contribution < -0.4 is 0 Å². The lowest BCUT2D eigenvalue weighted by atomic mass is 10.1. The van der Waals surface area contributed by atoms with Gasteiger partial charge in [0.2, 0.25) is 0 Å². The van der Waals surface area contributed by atoms with Crippen molar-refractivity contribution in [2.24, 2.45) is 0 Å². The normalized spacial score (nSPS) is 10.6. The molecule has 1 heteroatoms. The third kappa shape index (κ3) is 3.54. The Labute approximate surface area is 75.0 Å². The quantitative estimate of drug-likeness (QED) is 0.654. The van der Waals surface area contributed by atoms with Gasteiger partial charge >= 0.3 is 0 Å². The summed E-state index contributed by atoms with van der Waals surface area (Å²) in [5.74, 6) is 0. The SMILES string of the molecule is CN(C)CCCc1cc[c]cc1. The molecule has 1 aromatic rings. The highest BCUT2D eigenvalue weighted by molar-refractivity contribution is 5.13. The van der Waals surface area contributed by atoms with Crippen LogP contribution in [0.2, 0.25) is 0 Å². The molecule has 0 fully saturated rings. The number of benzene rings is 1. The molecule has 0 saturated heterocycles. The predicted octanol–water partition coefficient (Wildman–Crippen LogP) is 1.98. The van der Waals surface area contributed by atoms with Crippen molar-refractivity contribution < 1.29 is 0 Å². The van der Waals surface area contributed by atoms with E-state index in [2.05, 4.69) is 37.2 Å². The van der Waals surface area contributed by atoms with E-state index in [0.717, 1.165) is 0 Å². The molecule has 0 atom stereocenters. The second-order valence-corrected chi connectivity index (χ2v) is 3.32. The van der Waals surface area contributed by atoms with Crippen molar-refractivity contribution in [2.75, 3.05) is 20.6 Å². The molecule has 0 aliphatic carbocycles. The highest BCUT2D eigenvalue weighted by Crippen LogP contribution is 2.01. The summed E-state index contributed by atoms with van der Waals surface area (Å²) < 4.78 is 0. The number of nitrogens with zero attached hydrogens (tertiary/aromatic N) is 1. The molecule has 0 saturated carbocycles. The number of hydrogen-bond donors (Lipinski definition) is 0. The zero-order valence-electron chi connectivity index (χ0n) is 7.88. The molecule has 1 nitrogen and oxygen atoms in total. The fourth-order valence-corrected chi connectivity index (χ4v) is 1.19. The smallest absolute Gasteiger partial charge is 0.00217 e. The van der Waals surface area contributed by atoms with Gasteiger partial charge in [-0.3, -0.25) is 0 Å². The highest BCUT2D eigenvalue weighted by Gasteiger charge is 1.92. The lowest BCUT2D eigenvalue weighted by molar-refractivity contribution is 0.400. The molecule has 1 rings (SSSR count). The Kier molecular flexibility index (Phi) is 3.81. The summed E-state index contributed by atoms with van der Waals surface area (Å²) in [6.07, 6.45) is 2.41. The van der Waals surface area contributed by atoms with Gasteiger partial charge in [-0.25, -0.2) is 0 Å². The second-order valence-electron chi connectivity index (χ2n) is 3.32. The summed E-state index contributed by atoms with van der Waals surface area (Å²) in [5.41, 5.74) is 1.41. The number of aryl methyl sites for hydroxylation is 1. The molecule has 1 radical (unpaired) electrons. The van der Waals surface area contributed by atoms with Crippen LogP contribution in [-0.2, 0) is 6.42 Å². The molecule has 1 aromatic carbocycles. The van der Waals surface area contributed by atoms with Crippen molar-refractivity contribution in [1.29, 1.82) is 0 Å². The molecule has 0 N–H and O–H groups in total. The standard InChI is InChI=1S/C11H16N/c1-12(2)10-6-9-11-7-4-3-5-8-11/h4-5,7-8H,6,9-10H2,1-2H3. The zero-order chi connectivity index (χ0) is 8.81. The third-order valence-electron chi connectivity index (χ3n) is 1.86. The minimum absolute atomic E-state index is 1.17. The van der Waals surface area contributed by atoms with Crippen LogP contribution in [0, 0.1) is 6.07 Å². The molecule has 0 heterocycles. The van der Waals surface area contributed by atoms with Gasteiger partial charge in [0.1, 0.15) is 0 Å². The van der Waals surface area contributed by atoms with E-state index in [-0.39, 0.29) is 0 Å². The Morgan fingerprint density at radius 2 is 1.92 bits per heavy atom. The molecule has 12 heavy (non-hydrogen) atoms. The molecule has 0 bridgehead atoms. The molecule has 65 valence electrons. The Hall–Kier alpha value is -0.820. The highest BCUT2D eigenvalue weighted by atomic mass is 15.0. The predicted molar refractivity (Wildman–Crippen MR) is 52.2 cm³/mol. The van der Waals surface area contributed by atoms with Crippen molar-refractivity contribution >= 4 is 0 Å². The van der Waals surface area contributed by atoms with E-state index in [9.17, 15) is 0 Å². The van der Waals surface area contributed by atoms with Crippen molar-refractivity contribution in [3.63, 3.8) is 0 Å². The van der Waals surface area contributed by atoms with Gasteiger partial charge in [0.25, 0.3) is 0 Å². The van der Waals surface area contributed by atoms with Gasteiger partial charge in [0.05, 0.1) is 0 Å². The maximum Gasteiger partial charge on any atom is -0.00217 e. The summed E-state index contributed by atoms with van der Waals surface area (Å²) in [6.45, 7) is 1.17. The van der Waals surface area contributed by atoms with Crippen LogP contribution in [0.15, 0.2) is 24.3 Å². The Bertz CT molecular complexity index is 204. The second kappa shape index (κ2) is 4.94. The van der Waals surface area contributed by atoms with Crippen molar-refractivity contribution in [2.45, 2.75) is 12.8 Å². The lowest BCUT2D eigenvalue weighted by Gasteiger charge is -2.08. The third-order valence-corrected chi connectivity index (χ3v) is 1.86. The maximum atomic E-state index is 3.02. The maximum absolute atomic E-state index is 3.02. The first-order chi connectivity index (χ1) is 5.79. The molecule has 0 aliphatic heterocycles. The van der Waals surface area contributed by atoms with Gasteiger partial charge in [-0.1, -0.05) is 24.3 Å². The first-order valence-electron chi connectivity index (χ1n) is 4.39. The van der Waals surface area contributed by atoms with Crippen LogP contribution in [0.3, 0.4) is 0 Å². The fourth-order valence-electron chi connectivity index (χ4n) is 1.19. The van der Waals surface area contributed by atoms with Gasteiger partial charge in [0, 0.05) is 0 Å². The summed E-state index contributed by atoms with van der Waals surface area (Å²) in [4.78, 5) is 2.22. The van der Waals surface area contributed by atoms with E-state index in [1.165, 1.54) is 24.9 Å². The summed E-state index contributed by atoms with van der Waals surface area (Å²) >= 11 is 0. The van der Waals surface area contributed by atoms with Gasteiger partial charge in [-0.15, -0.1) is 0 Å². The average Bonchev–Trinajstić information content (AvgIpc) is 2.05. The minimum Gasteiger partial charge on any atom is -0.309 e. The largest absolute Gasteiger partial charge is 0.309 e. The molecular weight excluding hydrogens is 146 g/mol. The van der Waals surface area contributed by atoms with E-state index in [4.69, 9.17) is 0 Å². The molecule has 0 aliphatic rings. The van der Waals surface area contributed by atoms with Crippen LogP contribution in [0.25, 0.3) is 0 Å². The monoisotopic (exact) mass is 162 g/mol. The van der Waals surface area contributed by atoms with Crippen LogP contribution in [-0.4, -0.2) is 25.5 Å². The van der Waals surface area contributed by atoms with Crippen LogP contribution in [0.5, 0.6) is 0 Å². The van der Waals surface area contributed by atoms with Crippen molar-refractivity contribution in [1.82, 2.24) is 4.90 Å². The Morgan fingerprint density at radius 3 is 2.50 bits per heavy atom. The lowest BCUT2D eigenvalue weighted by Crippen LogP contribution is -2.13. The molecule has 0 amide bonds. The number of rotatable bonds is 4. The van der Waals surface area contributed by atoms with Crippen LogP contribution in [0.4, 0.5) is 0 Å². The van der Waals surface area contributed by atoms with E-state index in [1.807, 2.05) is 12.1 Å². The molecule has 0 unspecified atom stereocenters. The zero-order valence-corrected chi connectivity index (χ0v) is 7.88.